The molecule has 3 aromatic carbocycles. The SMILES string of the molecule is Cc1cc(Cc2cc(C)cc(C(C)(C)C)c2O)c(O)c(C(C)(C)C)c1.Cc1ccc(O)c(C(C)(C)C)c1. The smallest absolute Gasteiger partial charge is 0.122 e. The van der Waals surface area contributed by atoms with E-state index < -0.39 is 0 Å². The molecule has 0 saturated carbocycles. The number of phenols is 3. The predicted molar refractivity (Wildman–Crippen MR) is 157 cm³/mol. The van der Waals surface area contributed by atoms with E-state index in [9.17, 15) is 15.3 Å². The fourth-order valence-corrected chi connectivity index (χ4v) is 4.58. The van der Waals surface area contributed by atoms with E-state index in [1.165, 1.54) is 5.56 Å². The number of phenolic OH excluding ortho intramolecular Hbond substituents is 3. The van der Waals surface area contributed by atoms with E-state index in [1.807, 2.05) is 31.2 Å². The van der Waals surface area contributed by atoms with Gasteiger partial charge in [0.2, 0.25) is 0 Å². The highest BCUT2D eigenvalue weighted by Crippen LogP contribution is 2.39. The lowest BCUT2D eigenvalue weighted by molar-refractivity contribution is 0.435. The van der Waals surface area contributed by atoms with Gasteiger partial charge >= 0.3 is 0 Å². The molecule has 0 aliphatic heterocycles. The fourth-order valence-electron chi connectivity index (χ4n) is 4.58. The van der Waals surface area contributed by atoms with Crippen LogP contribution in [0.4, 0.5) is 0 Å². The van der Waals surface area contributed by atoms with Gasteiger partial charge in [-0.25, -0.2) is 0 Å². The molecule has 0 bridgehead atoms. The lowest BCUT2D eigenvalue weighted by Crippen LogP contribution is -2.14. The first-order valence-electron chi connectivity index (χ1n) is 13.2. The average molecular weight is 505 g/mol. The van der Waals surface area contributed by atoms with Gasteiger partial charge in [-0.05, 0) is 70.9 Å². The minimum Gasteiger partial charge on any atom is -0.508 e. The Kier molecular flexibility index (Phi) is 8.85. The van der Waals surface area contributed by atoms with Crippen molar-refractivity contribution in [1.29, 1.82) is 0 Å². The molecule has 0 fully saturated rings. The lowest BCUT2D eigenvalue weighted by Gasteiger charge is -2.25. The summed E-state index contributed by atoms with van der Waals surface area (Å²) in [4.78, 5) is 0. The molecule has 0 aliphatic rings. The summed E-state index contributed by atoms with van der Waals surface area (Å²) in [7, 11) is 0. The van der Waals surface area contributed by atoms with Crippen LogP contribution in [0.25, 0.3) is 0 Å². The first-order chi connectivity index (χ1) is 16.7. The van der Waals surface area contributed by atoms with E-state index in [0.717, 1.165) is 38.9 Å². The summed E-state index contributed by atoms with van der Waals surface area (Å²) in [6.07, 6.45) is 0.521. The van der Waals surface area contributed by atoms with Crippen molar-refractivity contribution in [1.82, 2.24) is 0 Å². The standard InChI is InChI=1S/C23H32O2.C11H16O/c1-14-9-16(20(24)18(11-14)22(3,4)5)13-17-10-15(2)12-19(21(17)25)23(6,7)8;1-8-5-6-10(12)9(7-8)11(2,3)4/h9-12,24-25H,13H2,1-8H3;5-7,12H,1-4H3. The Hall–Kier alpha value is -2.94. The van der Waals surface area contributed by atoms with Crippen LogP contribution in [0.15, 0.2) is 42.5 Å². The van der Waals surface area contributed by atoms with Crippen molar-refractivity contribution in [3.05, 3.63) is 87.0 Å². The van der Waals surface area contributed by atoms with Gasteiger partial charge < -0.3 is 15.3 Å². The van der Waals surface area contributed by atoms with E-state index >= 15 is 0 Å². The van der Waals surface area contributed by atoms with Gasteiger partial charge in [0.1, 0.15) is 17.2 Å². The van der Waals surface area contributed by atoms with E-state index in [4.69, 9.17) is 0 Å². The molecule has 3 aromatic rings. The Morgan fingerprint density at radius 1 is 0.486 bits per heavy atom. The molecule has 0 aliphatic carbocycles. The zero-order valence-corrected chi connectivity index (χ0v) is 25.1. The first kappa shape index (κ1) is 30.3. The first-order valence-corrected chi connectivity index (χ1v) is 13.2. The maximum Gasteiger partial charge on any atom is 0.122 e. The third-order valence-corrected chi connectivity index (χ3v) is 6.62. The maximum atomic E-state index is 10.8. The number of aromatic hydroxyl groups is 3. The molecule has 0 saturated heterocycles. The number of aryl methyl sites for hydroxylation is 3. The Morgan fingerprint density at radius 2 is 0.838 bits per heavy atom. The Bertz CT molecular complexity index is 1180. The zero-order chi connectivity index (χ0) is 28.5. The Labute approximate surface area is 225 Å². The third kappa shape index (κ3) is 7.77. The molecule has 0 aromatic heterocycles. The van der Waals surface area contributed by atoms with Crippen molar-refractivity contribution in [2.45, 2.75) is 106 Å². The molecule has 3 rings (SSSR count). The molecule has 0 radical (unpaired) electrons. The molecule has 202 valence electrons. The average Bonchev–Trinajstić information content (AvgIpc) is 2.72. The molecular formula is C34H48O3. The minimum atomic E-state index is -0.129. The van der Waals surface area contributed by atoms with Crippen LogP contribution in [-0.4, -0.2) is 15.3 Å². The Balaban J connectivity index is 0.000000335. The van der Waals surface area contributed by atoms with Gasteiger partial charge in [-0.1, -0.05) is 115 Å². The second-order valence-electron chi connectivity index (χ2n) is 13.6. The molecule has 0 atom stereocenters. The fraction of sp³-hybridized carbons (Fsp3) is 0.471. The molecular weight excluding hydrogens is 456 g/mol. The van der Waals surface area contributed by atoms with Gasteiger partial charge in [-0.15, -0.1) is 0 Å². The second-order valence-corrected chi connectivity index (χ2v) is 13.6. The van der Waals surface area contributed by atoms with Gasteiger partial charge in [0.25, 0.3) is 0 Å². The number of hydrogen-bond acceptors (Lipinski definition) is 3. The van der Waals surface area contributed by atoms with Crippen LogP contribution >= 0.6 is 0 Å². The molecule has 0 spiro atoms. The summed E-state index contributed by atoms with van der Waals surface area (Å²) >= 11 is 0. The van der Waals surface area contributed by atoms with Crippen molar-refractivity contribution in [3.8, 4) is 17.2 Å². The van der Waals surface area contributed by atoms with Crippen molar-refractivity contribution in [2.24, 2.45) is 0 Å². The summed E-state index contributed by atoms with van der Waals surface area (Å²) in [6, 6.07) is 13.9. The minimum absolute atomic E-state index is 0.0239. The molecule has 3 heteroatoms. The van der Waals surface area contributed by atoms with Gasteiger partial charge in [0, 0.05) is 6.42 Å². The maximum absolute atomic E-state index is 10.8. The highest BCUT2D eigenvalue weighted by atomic mass is 16.3. The second kappa shape index (κ2) is 10.8. The van der Waals surface area contributed by atoms with Crippen molar-refractivity contribution in [2.75, 3.05) is 0 Å². The highest BCUT2D eigenvalue weighted by molar-refractivity contribution is 5.53. The number of rotatable bonds is 2. The largest absolute Gasteiger partial charge is 0.508 e. The van der Waals surface area contributed by atoms with Crippen LogP contribution in [-0.2, 0) is 22.7 Å². The van der Waals surface area contributed by atoms with Gasteiger partial charge in [-0.3, -0.25) is 0 Å². The lowest BCUT2D eigenvalue weighted by atomic mass is 9.81. The third-order valence-electron chi connectivity index (χ3n) is 6.62. The summed E-state index contributed by atoms with van der Waals surface area (Å²) in [5, 5.41) is 31.2. The van der Waals surface area contributed by atoms with Crippen LogP contribution in [0.2, 0.25) is 0 Å². The van der Waals surface area contributed by atoms with Crippen LogP contribution in [0.5, 0.6) is 17.2 Å². The highest BCUT2D eigenvalue weighted by Gasteiger charge is 2.24. The Morgan fingerprint density at radius 3 is 1.16 bits per heavy atom. The van der Waals surface area contributed by atoms with Gasteiger partial charge in [0.05, 0.1) is 0 Å². The van der Waals surface area contributed by atoms with E-state index in [2.05, 4.69) is 88.3 Å². The molecule has 37 heavy (non-hydrogen) atoms. The summed E-state index contributed by atoms with van der Waals surface area (Å²) < 4.78 is 0. The van der Waals surface area contributed by atoms with Crippen LogP contribution in [0.3, 0.4) is 0 Å². The van der Waals surface area contributed by atoms with Crippen molar-refractivity contribution >= 4 is 0 Å². The van der Waals surface area contributed by atoms with Crippen LogP contribution < -0.4 is 0 Å². The predicted octanol–water partition coefficient (Wildman–Crippen LogP) is 8.90. The summed E-state index contributed by atoms with van der Waals surface area (Å²) in [5.74, 6) is 1.08. The number of benzene rings is 3. The molecule has 0 unspecified atom stereocenters. The molecule has 3 nitrogen and oxygen atoms in total. The van der Waals surface area contributed by atoms with Gasteiger partial charge in [0.15, 0.2) is 0 Å². The summed E-state index contributed by atoms with van der Waals surface area (Å²) in [6.45, 7) is 25.1. The summed E-state index contributed by atoms with van der Waals surface area (Å²) in [5.41, 5.74) is 7.86. The quantitative estimate of drug-likeness (QED) is 0.326. The monoisotopic (exact) mass is 504 g/mol. The molecule has 0 heterocycles. The van der Waals surface area contributed by atoms with Crippen LogP contribution in [0.1, 0.15) is 107 Å². The molecule has 0 amide bonds. The van der Waals surface area contributed by atoms with Crippen molar-refractivity contribution < 1.29 is 15.3 Å². The van der Waals surface area contributed by atoms with E-state index in [0.29, 0.717) is 23.7 Å². The van der Waals surface area contributed by atoms with Crippen molar-refractivity contribution in [3.63, 3.8) is 0 Å². The zero-order valence-electron chi connectivity index (χ0n) is 25.1. The molecule has 3 N–H and O–H groups in total. The van der Waals surface area contributed by atoms with Crippen LogP contribution in [0, 0.1) is 20.8 Å². The number of hydrogen-bond donors (Lipinski definition) is 3. The van der Waals surface area contributed by atoms with E-state index in [1.54, 1.807) is 6.07 Å². The van der Waals surface area contributed by atoms with E-state index in [-0.39, 0.29) is 16.2 Å². The topological polar surface area (TPSA) is 60.7 Å². The van der Waals surface area contributed by atoms with Gasteiger partial charge in [-0.2, -0.15) is 0 Å². The normalized spacial score (nSPS) is 12.2.